The molecule has 5 rings (SSSR count). The molecule has 1 amide bonds. The van der Waals surface area contributed by atoms with Gasteiger partial charge in [0, 0.05) is 25.0 Å². The van der Waals surface area contributed by atoms with Gasteiger partial charge in [-0.05, 0) is 80.3 Å². The topological polar surface area (TPSA) is 49.9 Å². The number of carbonyl (C=O) groups is 2. The second kappa shape index (κ2) is 10.6. The number of nitrogens with zero attached hydrogens (tertiary/aromatic N) is 2. The molecule has 0 radical (unpaired) electrons. The molecule has 2 aliphatic carbocycles. The first-order valence-electron chi connectivity index (χ1n) is 13.5. The van der Waals surface area contributed by atoms with Gasteiger partial charge in [0.25, 0.3) is 0 Å². The lowest BCUT2D eigenvalue weighted by atomic mass is 9.73. The number of carbonyl (C=O) groups excluding carboxylic acids is 2. The van der Waals surface area contributed by atoms with E-state index in [2.05, 4.69) is 4.90 Å². The predicted octanol–water partition coefficient (Wildman–Crippen LogP) is 5.35. The van der Waals surface area contributed by atoms with Crippen LogP contribution in [-0.2, 0) is 20.7 Å². The third-order valence-electron chi connectivity index (χ3n) is 8.80. The van der Waals surface area contributed by atoms with Crippen LogP contribution in [0.4, 0.5) is 17.6 Å². The van der Waals surface area contributed by atoms with Crippen molar-refractivity contribution in [2.75, 3.05) is 33.3 Å². The van der Waals surface area contributed by atoms with Crippen molar-refractivity contribution in [1.29, 1.82) is 0 Å². The molecule has 2 saturated carbocycles. The fourth-order valence-electron chi connectivity index (χ4n) is 6.28. The van der Waals surface area contributed by atoms with Gasteiger partial charge in [-0.25, -0.2) is 4.39 Å². The van der Waals surface area contributed by atoms with Crippen LogP contribution in [0.1, 0.15) is 49.1 Å². The molecule has 3 aliphatic rings. The fraction of sp³-hybridized carbons (Fsp3) is 0.533. The average Bonchev–Trinajstić information content (AvgIpc) is 3.85. The number of alkyl halides is 3. The fourth-order valence-corrected chi connectivity index (χ4v) is 6.28. The van der Waals surface area contributed by atoms with Crippen LogP contribution in [0.25, 0.3) is 0 Å². The molecule has 5 nitrogen and oxygen atoms in total. The van der Waals surface area contributed by atoms with Crippen molar-refractivity contribution < 1.29 is 31.9 Å². The molecule has 2 aromatic rings. The van der Waals surface area contributed by atoms with Crippen LogP contribution in [0, 0.1) is 16.6 Å². The molecule has 1 heterocycles. The number of hydrogen-bond donors (Lipinski definition) is 0. The molecule has 0 aromatic heterocycles. The summed E-state index contributed by atoms with van der Waals surface area (Å²) < 4.78 is 60.1. The van der Waals surface area contributed by atoms with E-state index in [4.69, 9.17) is 4.74 Å². The second-order valence-corrected chi connectivity index (χ2v) is 11.6. The number of rotatable bonds is 9. The van der Waals surface area contributed by atoms with Crippen molar-refractivity contribution in [3.63, 3.8) is 0 Å². The van der Waals surface area contributed by atoms with E-state index in [9.17, 15) is 27.2 Å². The van der Waals surface area contributed by atoms with Crippen molar-refractivity contribution in [1.82, 2.24) is 9.80 Å². The number of amides is 1. The minimum Gasteiger partial charge on any atom is -0.469 e. The summed E-state index contributed by atoms with van der Waals surface area (Å²) in [4.78, 5) is 28.3. The molecule has 39 heavy (non-hydrogen) atoms. The van der Waals surface area contributed by atoms with E-state index in [1.54, 1.807) is 12.1 Å². The van der Waals surface area contributed by atoms with Crippen LogP contribution < -0.4 is 0 Å². The van der Waals surface area contributed by atoms with Crippen LogP contribution in [0.3, 0.4) is 0 Å². The number of ether oxygens (including phenoxy) is 1. The zero-order valence-corrected chi connectivity index (χ0v) is 22.1. The maximum Gasteiger partial charge on any atom is 0.471 e. The van der Waals surface area contributed by atoms with Crippen LogP contribution >= 0.6 is 0 Å². The van der Waals surface area contributed by atoms with Gasteiger partial charge in [0.1, 0.15) is 5.82 Å². The van der Waals surface area contributed by atoms with Crippen LogP contribution in [-0.4, -0.2) is 67.2 Å². The Hall–Kier alpha value is -2.94. The van der Waals surface area contributed by atoms with Crippen LogP contribution in [0.5, 0.6) is 0 Å². The Kier molecular flexibility index (Phi) is 7.48. The first-order chi connectivity index (χ1) is 18.5. The number of halogens is 4. The van der Waals surface area contributed by atoms with Crippen LogP contribution in [0.15, 0.2) is 54.6 Å². The molecule has 1 aliphatic heterocycles. The summed E-state index contributed by atoms with van der Waals surface area (Å²) in [6, 6.07) is 14.9. The predicted molar refractivity (Wildman–Crippen MR) is 137 cm³/mol. The summed E-state index contributed by atoms with van der Waals surface area (Å²) in [5.74, 6) is -2.52. The largest absolute Gasteiger partial charge is 0.471 e. The van der Waals surface area contributed by atoms with Crippen molar-refractivity contribution in [3.8, 4) is 0 Å². The first-order valence-corrected chi connectivity index (χ1v) is 13.5. The molecule has 2 atom stereocenters. The minimum atomic E-state index is -4.97. The van der Waals surface area contributed by atoms with E-state index < -0.39 is 29.0 Å². The zero-order chi connectivity index (χ0) is 27.8. The third kappa shape index (κ3) is 6.13. The van der Waals surface area contributed by atoms with Crippen molar-refractivity contribution in [2.24, 2.45) is 10.8 Å². The highest BCUT2D eigenvalue weighted by Gasteiger charge is 2.55. The van der Waals surface area contributed by atoms with Crippen molar-refractivity contribution in [3.05, 3.63) is 71.5 Å². The average molecular weight is 547 g/mol. The first kappa shape index (κ1) is 27.6. The molecule has 0 N–H and O–H groups in total. The lowest BCUT2D eigenvalue weighted by Gasteiger charge is -2.45. The molecule has 0 bridgehead atoms. The normalized spacial score (nSPS) is 23.6. The minimum absolute atomic E-state index is 0.0211. The Morgan fingerprint density at radius 2 is 1.64 bits per heavy atom. The summed E-state index contributed by atoms with van der Waals surface area (Å²) in [6.45, 7) is 1.74. The van der Waals surface area contributed by atoms with Gasteiger partial charge in [0.2, 0.25) is 0 Å². The smallest absolute Gasteiger partial charge is 0.469 e. The molecular weight excluding hydrogens is 512 g/mol. The molecule has 1 saturated heterocycles. The summed E-state index contributed by atoms with van der Waals surface area (Å²) in [5.41, 5.74) is 0.664. The third-order valence-corrected chi connectivity index (χ3v) is 8.80. The van der Waals surface area contributed by atoms with Crippen molar-refractivity contribution >= 4 is 11.9 Å². The van der Waals surface area contributed by atoms with Crippen molar-refractivity contribution in [2.45, 2.75) is 56.7 Å². The Balaban J connectivity index is 1.38. The van der Waals surface area contributed by atoms with Gasteiger partial charge in [-0.2, -0.15) is 13.2 Å². The van der Waals surface area contributed by atoms with E-state index in [0.29, 0.717) is 45.3 Å². The maximum atomic E-state index is 13.8. The van der Waals surface area contributed by atoms with Gasteiger partial charge in [0.15, 0.2) is 0 Å². The maximum absolute atomic E-state index is 13.8. The monoisotopic (exact) mass is 546 g/mol. The molecule has 1 unspecified atom stereocenters. The van der Waals surface area contributed by atoms with E-state index in [0.717, 1.165) is 28.9 Å². The van der Waals surface area contributed by atoms with Gasteiger partial charge < -0.3 is 14.5 Å². The van der Waals surface area contributed by atoms with Gasteiger partial charge >= 0.3 is 18.1 Å². The highest BCUT2D eigenvalue weighted by molar-refractivity contribution is 5.83. The number of piperidine rings is 1. The molecule has 0 spiro atoms. The van der Waals surface area contributed by atoms with Gasteiger partial charge in [-0.3, -0.25) is 9.59 Å². The lowest BCUT2D eigenvalue weighted by molar-refractivity contribution is -0.188. The van der Waals surface area contributed by atoms with Gasteiger partial charge in [-0.15, -0.1) is 0 Å². The number of methoxy groups -OCH3 is 1. The van der Waals surface area contributed by atoms with Crippen LogP contribution in [0.2, 0.25) is 0 Å². The van der Waals surface area contributed by atoms with Gasteiger partial charge in [-0.1, -0.05) is 42.5 Å². The highest BCUT2D eigenvalue weighted by atomic mass is 19.4. The lowest BCUT2D eigenvalue weighted by Crippen LogP contribution is -2.53. The van der Waals surface area contributed by atoms with Gasteiger partial charge in [0.05, 0.1) is 12.5 Å². The van der Waals surface area contributed by atoms with E-state index in [1.165, 1.54) is 19.2 Å². The Bertz CT molecular complexity index is 1170. The van der Waals surface area contributed by atoms with E-state index >= 15 is 0 Å². The summed E-state index contributed by atoms with van der Waals surface area (Å²) >= 11 is 0. The molecule has 210 valence electrons. The molecular formula is C30H34F4N2O3. The summed E-state index contributed by atoms with van der Waals surface area (Å²) in [5, 5.41) is 0. The number of benzene rings is 2. The Labute approximate surface area is 226 Å². The molecule has 2 aromatic carbocycles. The van der Waals surface area contributed by atoms with E-state index in [-0.39, 0.29) is 24.2 Å². The Morgan fingerprint density at radius 1 is 1.00 bits per heavy atom. The number of hydrogen-bond acceptors (Lipinski definition) is 4. The standard InChI is InChI=1S/C30H34F4N2O3/c1-39-27(38)29(11-12-29)20-35-15-13-28(14-16-35,18-21-7-9-23(31)10-8-21)19-36(26(37)30(32,33)34)25-17-24(25)22-5-3-2-4-6-22/h2-10,24-25H,11-20H2,1H3/t24?,25-/m1/s1. The van der Waals surface area contributed by atoms with E-state index in [1.807, 2.05) is 30.3 Å². The number of likely N-dealkylation sites (tertiary alicyclic amines) is 1. The summed E-state index contributed by atoms with van der Waals surface area (Å²) in [6.07, 6.45) is -1.38. The second-order valence-electron chi connectivity index (χ2n) is 11.6. The highest BCUT2D eigenvalue weighted by Crippen LogP contribution is 2.50. The quantitative estimate of drug-likeness (QED) is 0.314. The Morgan fingerprint density at radius 3 is 2.21 bits per heavy atom. The molecule has 3 fully saturated rings. The number of esters is 1. The molecule has 9 heteroatoms. The SMILES string of the molecule is COC(=O)C1(CN2CCC(Cc3ccc(F)cc3)(CN(C(=O)C(F)(F)F)[C@@H]3CC3c3ccccc3)CC2)CC1. The summed E-state index contributed by atoms with van der Waals surface area (Å²) in [7, 11) is 1.39. The zero-order valence-electron chi connectivity index (χ0n) is 22.1.